The van der Waals surface area contributed by atoms with Crippen molar-refractivity contribution >= 4 is 11.8 Å². The maximum absolute atomic E-state index is 5.82. The minimum Gasteiger partial charge on any atom is -0.327 e. The summed E-state index contributed by atoms with van der Waals surface area (Å²) in [7, 11) is 0. The third-order valence-electron chi connectivity index (χ3n) is 1.46. The molecule has 0 heterocycles. The lowest BCUT2D eigenvalue weighted by atomic mass is 10.2. The molecule has 0 aromatic rings. The second-order valence-corrected chi connectivity index (χ2v) is 3.88. The van der Waals surface area contributed by atoms with Gasteiger partial charge >= 0.3 is 0 Å². The number of rotatable bonds is 6. The van der Waals surface area contributed by atoms with Crippen molar-refractivity contribution in [2.45, 2.75) is 39.2 Å². The van der Waals surface area contributed by atoms with E-state index in [-0.39, 0.29) is 0 Å². The predicted octanol–water partition coefficient (Wildman–Crippen LogP) is 2.26. The molecule has 0 bridgehead atoms. The lowest BCUT2D eigenvalue weighted by molar-refractivity contribution is 0.622. The zero-order chi connectivity index (χ0) is 7.82. The van der Waals surface area contributed by atoms with Crippen molar-refractivity contribution in [3.63, 3.8) is 0 Å². The van der Waals surface area contributed by atoms with Crippen molar-refractivity contribution in [2.75, 3.05) is 11.5 Å². The van der Waals surface area contributed by atoms with Crippen LogP contribution in [0.25, 0.3) is 0 Å². The molecule has 0 aliphatic rings. The molecule has 1 atom stereocenters. The molecule has 62 valence electrons. The van der Waals surface area contributed by atoms with E-state index in [9.17, 15) is 0 Å². The maximum atomic E-state index is 5.82. The molecule has 2 N–H and O–H groups in total. The Bertz CT molecular complexity index is 58.3. The smallest absolute Gasteiger partial charge is 0.0130 e. The number of hydrogen-bond donors (Lipinski definition) is 1. The Balaban J connectivity index is 3.00. The molecule has 1 unspecified atom stereocenters. The molecule has 0 aromatic carbocycles. The molecule has 0 radical (unpaired) electrons. The highest BCUT2D eigenvalue weighted by atomic mass is 32.2. The van der Waals surface area contributed by atoms with Gasteiger partial charge in [0.05, 0.1) is 0 Å². The first-order valence-corrected chi connectivity index (χ1v) is 5.30. The van der Waals surface area contributed by atoms with Gasteiger partial charge in [0.1, 0.15) is 0 Å². The van der Waals surface area contributed by atoms with Gasteiger partial charge in [-0.2, -0.15) is 11.8 Å². The molecule has 0 aliphatic heterocycles. The molecule has 0 saturated carbocycles. The fourth-order valence-corrected chi connectivity index (χ4v) is 1.52. The van der Waals surface area contributed by atoms with Crippen LogP contribution in [0.3, 0.4) is 0 Å². The Morgan fingerprint density at radius 3 is 2.60 bits per heavy atom. The van der Waals surface area contributed by atoms with Crippen LogP contribution < -0.4 is 5.73 Å². The van der Waals surface area contributed by atoms with Crippen LogP contribution in [0.15, 0.2) is 0 Å². The third-order valence-corrected chi connectivity index (χ3v) is 2.54. The molecule has 0 aliphatic carbocycles. The van der Waals surface area contributed by atoms with E-state index in [1.165, 1.54) is 25.0 Å². The van der Waals surface area contributed by atoms with Gasteiger partial charge in [0, 0.05) is 11.8 Å². The molecule has 0 saturated heterocycles. The first kappa shape index (κ1) is 10.3. The Hall–Kier alpha value is 0.310. The largest absolute Gasteiger partial charge is 0.327 e. The molecule has 0 aromatic heterocycles. The number of hydrogen-bond acceptors (Lipinski definition) is 2. The Morgan fingerprint density at radius 2 is 2.10 bits per heavy atom. The molecular formula is C8H19NS. The highest BCUT2D eigenvalue weighted by Gasteiger charge is 1.99. The van der Waals surface area contributed by atoms with Gasteiger partial charge in [-0.25, -0.2) is 0 Å². The summed E-state index contributed by atoms with van der Waals surface area (Å²) < 4.78 is 0. The van der Waals surface area contributed by atoms with Crippen LogP contribution in [0.5, 0.6) is 0 Å². The minimum absolute atomic E-state index is 0.435. The van der Waals surface area contributed by atoms with Gasteiger partial charge in [0.2, 0.25) is 0 Å². The van der Waals surface area contributed by atoms with Crippen LogP contribution >= 0.6 is 11.8 Å². The van der Waals surface area contributed by atoms with Crippen LogP contribution in [0.1, 0.15) is 33.1 Å². The van der Waals surface area contributed by atoms with Crippen LogP contribution in [-0.2, 0) is 0 Å². The highest BCUT2D eigenvalue weighted by molar-refractivity contribution is 7.99. The molecule has 10 heavy (non-hydrogen) atoms. The van der Waals surface area contributed by atoms with E-state index < -0.39 is 0 Å². The lowest BCUT2D eigenvalue weighted by Gasteiger charge is -2.08. The van der Waals surface area contributed by atoms with E-state index >= 15 is 0 Å². The van der Waals surface area contributed by atoms with E-state index in [4.69, 9.17) is 5.73 Å². The summed E-state index contributed by atoms with van der Waals surface area (Å²) in [6.07, 6.45) is 3.75. The summed E-state index contributed by atoms with van der Waals surface area (Å²) in [5.41, 5.74) is 5.82. The Labute approximate surface area is 68.8 Å². The molecule has 0 rings (SSSR count). The normalized spacial score (nSPS) is 13.5. The number of unbranched alkanes of at least 4 members (excludes halogenated alkanes) is 1. The topological polar surface area (TPSA) is 26.0 Å². The van der Waals surface area contributed by atoms with Crippen LogP contribution in [0.2, 0.25) is 0 Å². The zero-order valence-corrected chi connectivity index (χ0v) is 7.91. The lowest BCUT2D eigenvalue weighted by Crippen LogP contribution is -2.22. The molecule has 0 fully saturated rings. The van der Waals surface area contributed by atoms with Gasteiger partial charge < -0.3 is 5.73 Å². The average molecular weight is 161 g/mol. The van der Waals surface area contributed by atoms with E-state index in [2.05, 4.69) is 13.8 Å². The summed E-state index contributed by atoms with van der Waals surface area (Å²) in [5, 5.41) is 0. The van der Waals surface area contributed by atoms with Gasteiger partial charge in [0.15, 0.2) is 0 Å². The molecule has 0 spiro atoms. The number of nitrogens with two attached hydrogens (primary N) is 1. The highest BCUT2D eigenvalue weighted by Crippen LogP contribution is 2.05. The quantitative estimate of drug-likeness (QED) is 0.646. The standard InChI is InChI=1S/C8H19NS/c1-3-5-6-8(9)7-10-4-2/h8H,3-7,9H2,1-2H3. The van der Waals surface area contributed by atoms with E-state index in [0.717, 1.165) is 5.75 Å². The summed E-state index contributed by atoms with van der Waals surface area (Å²) in [6, 6.07) is 0.435. The van der Waals surface area contributed by atoms with E-state index in [1.807, 2.05) is 11.8 Å². The fourth-order valence-electron chi connectivity index (χ4n) is 0.819. The Morgan fingerprint density at radius 1 is 1.40 bits per heavy atom. The van der Waals surface area contributed by atoms with Crippen molar-refractivity contribution in [3.8, 4) is 0 Å². The third kappa shape index (κ3) is 6.43. The summed E-state index contributed by atoms with van der Waals surface area (Å²) in [5.74, 6) is 2.33. The summed E-state index contributed by atoms with van der Waals surface area (Å²) >= 11 is 1.94. The first-order valence-electron chi connectivity index (χ1n) is 4.14. The molecule has 2 heteroatoms. The van der Waals surface area contributed by atoms with Gasteiger partial charge in [-0.1, -0.05) is 26.7 Å². The van der Waals surface area contributed by atoms with Gasteiger partial charge in [-0.05, 0) is 12.2 Å². The zero-order valence-electron chi connectivity index (χ0n) is 7.10. The molecule has 1 nitrogen and oxygen atoms in total. The average Bonchev–Trinajstić information content (AvgIpc) is 1.97. The van der Waals surface area contributed by atoms with E-state index in [0.29, 0.717) is 6.04 Å². The monoisotopic (exact) mass is 161 g/mol. The van der Waals surface area contributed by atoms with Crippen LogP contribution in [0.4, 0.5) is 0 Å². The number of thioether (sulfide) groups is 1. The SMILES string of the molecule is CCCCC(N)CSCC. The fraction of sp³-hybridized carbons (Fsp3) is 1.00. The van der Waals surface area contributed by atoms with Crippen molar-refractivity contribution in [1.29, 1.82) is 0 Å². The summed E-state index contributed by atoms with van der Waals surface area (Å²) in [4.78, 5) is 0. The van der Waals surface area contributed by atoms with Crippen molar-refractivity contribution < 1.29 is 0 Å². The van der Waals surface area contributed by atoms with Gasteiger partial charge in [-0.15, -0.1) is 0 Å². The van der Waals surface area contributed by atoms with E-state index in [1.54, 1.807) is 0 Å². The van der Waals surface area contributed by atoms with Gasteiger partial charge in [-0.3, -0.25) is 0 Å². The second kappa shape index (κ2) is 7.42. The predicted molar refractivity (Wildman–Crippen MR) is 50.5 cm³/mol. The van der Waals surface area contributed by atoms with Crippen LogP contribution in [-0.4, -0.2) is 17.5 Å². The van der Waals surface area contributed by atoms with Crippen LogP contribution in [0, 0.1) is 0 Å². The molecule has 0 amide bonds. The maximum Gasteiger partial charge on any atom is 0.0130 e. The molecular weight excluding hydrogens is 142 g/mol. The van der Waals surface area contributed by atoms with Crippen molar-refractivity contribution in [2.24, 2.45) is 5.73 Å². The van der Waals surface area contributed by atoms with Crippen molar-refractivity contribution in [3.05, 3.63) is 0 Å². The van der Waals surface area contributed by atoms with Crippen molar-refractivity contribution in [1.82, 2.24) is 0 Å². The Kier molecular flexibility index (Phi) is 7.65. The first-order chi connectivity index (χ1) is 4.81. The second-order valence-electron chi connectivity index (χ2n) is 2.56. The summed E-state index contributed by atoms with van der Waals surface area (Å²) in [6.45, 7) is 4.39. The minimum atomic E-state index is 0.435. The van der Waals surface area contributed by atoms with Gasteiger partial charge in [0.25, 0.3) is 0 Å².